The summed E-state index contributed by atoms with van der Waals surface area (Å²) in [6.07, 6.45) is 0.636. The smallest absolute Gasteiger partial charge is 0.240 e. The molecule has 3 rings (SSSR count). The van der Waals surface area contributed by atoms with Gasteiger partial charge in [0.1, 0.15) is 11.5 Å². The Kier molecular flexibility index (Phi) is 4.02. The quantitative estimate of drug-likeness (QED) is 0.947. The molecule has 2 aromatic carbocycles. The van der Waals surface area contributed by atoms with Crippen molar-refractivity contribution in [2.24, 2.45) is 5.10 Å². The molecule has 1 amide bonds. The van der Waals surface area contributed by atoms with Crippen molar-refractivity contribution < 1.29 is 14.6 Å². The molecule has 1 heterocycles. The van der Waals surface area contributed by atoms with E-state index in [1.165, 1.54) is 11.9 Å². The lowest BCUT2D eigenvalue weighted by Gasteiger charge is -2.20. The topological polar surface area (TPSA) is 62.1 Å². The van der Waals surface area contributed by atoms with E-state index in [2.05, 4.69) is 5.10 Å². The van der Waals surface area contributed by atoms with Crippen molar-refractivity contribution in [1.29, 1.82) is 0 Å². The number of benzene rings is 2. The van der Waals surface area contributed by atoms with E-state index in [1.807, 2.05) is 36.4 Å². The molecule has 1 aliphatic rings. The first-order valence-corrected chi connectivity index (χ1v) is 7.39. The van der Waals surface area contributed by atoms with E-state index in [-0.39, 0.29) is 17.7 Å². The van der Waals surface area contributed by atoms with Crippen molar-refractivity contribution >= 4 is 11.6 Å². The molecule has 0 saturated carbocycles. The number of hydrogen-bond donors (Lipinski definition) is 1. The Balaban J connectivity index is 1.90. The van der Waals surface area contributed by atoms with E-state index in [1.54, 1.807) is 19.2 Å². The Morgan fingerprint density at radius 1 is 1.17 bits per heavy atom. The SMILES string of the molecule is COc1ccc(C2=NN(C(C)=O)[C@@H](c3ccc(O)cc3)C2)cc1. The van der Waals surface area contributed by atoms with Gasteiger partial charge in [0.05, 0.1) is 18.9 Å². The van der Waals surface area contributed by atoms with Crippen molar-refractivity contribution in [3.63, 3.8) is 0 Å². The molecule has 0 radical (unpaired) electrons. The fourth-order valence-corrected chi connectivity index (χ4v) is 2.71. The summed E-state index contributed by atoms with van der Waals surface area (Å²) in [6, 6.07) is 14.4. The minimum atomic E-state index is -0.148. The highest BCUT2D eigenvalue weighted by Crippen LogP contribution is 2.33. The lowest BCUT2D eigenvalue weighted by molar-refractivity contribution is -0.130. The van der Waals surface area contributed by atoms with Crippen LogP contribution in [-0.2, 0) is 4.79 Å². The summed E-state index contributed by atoms with van der Waals surface area (Å²) >= 11 is 0. The summed E-state index contributed by atoms with van der Waals surface area (Å²) in [5.74, 6) is 0.884. The minimum Gasteiger partial charge on any atom is -0.508 e. The van der Waals surface area contributed by atoms with Gasteiger partial charge < -0.3 is 9.84 Å². The van der Waals surface area contributed by atoms with Gasteiger partial charge in [0.2, 0.25) is 5.91 Å². The molecule has 0 spiro atoms. The zero-order valence-corrected chi connectivity index (χ0v) is 13.1. The molecule has 5 nitrogen and oxygen atoms in total. The van der Waals surface area contributed by atoms with Gasteiger partial charge in [-0.1, -0.05) is 12.1 Å². The van der Waals surface area contributed by atoms with Crippen molar-refractivity contribution in [2.75, 3.05) is 7.11 Å². The van der Waals surface area contributed by atoms with Crippen LogP contribution in [0.3, 0.4) is 0 Å². The zero-order valence-electron chi connectivity index (χ0n) is 13.1. The van der Waals surface area contributed by atoms with E-state index in [4.69, 9.17) is 4.74 Å². The van der Waals surface area contributed by atoms with E-state index in [0.29, 0.717) is 6.42 Å². The second-order valence-corrected chi connectivity index (χ2v) is 5.45. The number of aromatic hydroxyl groups is 1. The Hall–Kier alpha value is -2.82. The molecule has 1 N–H and O–H groups in total. The lowest BCUT2D eigenvalue weighted by atomic mass is 9.98. The van der Waals surface area contributed by atoms with E-state index >= 15 is 0 Å². The van der Waals surface area contributed by atoms with Crippen LogP contribution in [0.4, 0.5) is 0 Å². The summed E-state index contributed by atoms with van der Waals surface area (Å²) in [6.45, 7) is 1.51. The normalized spacial score (nSPS) is 17.0. The van der Waals surface area contributed by atoms with Gasteiger partial charge in [-0.3, -0.25) is 4.79 Å². The second-order valence-electron chi connectivity index (χ2n) is 5.45. The number of ether oxygens (including phenoxy) is 1. The molecule has 2 aromatic rings. The molecule has 0 aromatic heterocycles. The average molecular weight is 310 g/mol. The van der Waals surface area contributed by atoms with Crippen LogP contribution in [0.25, 0.3) is 0 Å². The molecule has 118 valence electrons. The van der Waals surface area contributed by atoms with E-state index in [9.17, 15) is 9.90 Å². The van der Waals surface area contributed by atoms with Gasteiger partial charge >= 0.3 is 0 Å². The Labute approximate surface area is 134 Å². The molecular formula is C18H18N2O3. The predicted molar refractivity (Wildman–Crippen MR) is 87.5 cm³/mol. The molecule has 1 aliphatic heterocycles. The number of carbonyl (C=O) groups is 1. The number of nitrogens with zero attached hydrogens (tertiary/aromatic N) is 2. The van der Waals surface area contributed by atoms with Gasteiger partial charge in [0.15, 0.2) is 0 Å². The van der Waals surface area contributed by atoms with Gasteiger partial charge in [0.25, 0.3) is 0 Å². The molecule has 1 atom stereocenters. The zero-order chi connectivity index (χ0) is 16.4. The molecule has 0 bridgehead atoms. The Bertz CT molecular complexity index is 736. The maximum Gasteiger partial charge on any atom is 0.240 e. The number of phenolic OH excluding ortho intramolecular Hbond substituents is 1. The number of methoxy groups -OCH3 is 1. The minimum absolute atomic E-state index is 0.105. The first kappa shape index (κ1) is 15.1. The molecule has 0 fully saturated rings. The number of rotatable bonds is 3. The van der Waals surface area contributed by atoms with Crippen molar-refractivity contribution in [2.45, 2.75) is 19.4 Å². The maximum atomic E-state index is 11.9. The van der Waals surface area contributed by atoms with Gasteiger partial charge in [-0.05, 0) is 47.5 Å². The number of hydrogen-bond acceptors (Lipinski definition) is 4. The first-order valence-electron chi connectivity index (χ1n) is 7.39. The highest BCUT2D eigenvalue weighted by atomic mass is 16.5. The fraction of sp³-hybridized carbons (Fsp3) is 0.222. The third-order valence-corrected chi connectivity index (χ3v) is 3.93. The van der Waals surface area contributed by atoms with Gasteiger partial charge in [-0.15, -0.1) is 0 Å². The van der Waals surface area contributed by atoms with Crippen LogP contribution in [0, 0.1) is 0 Å². The monoisotopic (exact) mass is 310 g/mol. The van der Waals surface area contributed by atoms with Crippen molar-refractivity contribution in [3.8, 4) is 11.5 Å². The summed E-state index contributed by atoms with van der Waals surface area (Å²) in [4.78, 5) is 11.9. The summed E-state index contributed by atoms with van der Waals surface area (Å²) in [5.41, 5.74) is 2.78. The largest absolute Gasteiger partial charge is 0.508 e. The van der Waals surface area contributed by atoms with Crippen LogP contribution in [0.2, 0.25) is 0 Å². The third-order valence-electron chi connectivity index (χ3n) is 3.93. The summed E-state index contributed by atoms with van der Waals surface area (Å²) in [5, 5.41) is 15.4. The van der Waals surface area contributed by atoms with Crippen LogP contribution in [0.5, 0.6) is 11.5 Å². The van der Waals surface area contributed by atoms with Gasteiger partial charge in [0, 0.05) is 13.3 Å². The van der Waals surface area contributed by atoms with Gasteiger partial charge in [-0.25, -0.2) is 5.01 Å². The lowest BCUT2D eigenvalue weighted by Crippen LogP contribution is -2.24. The first-order chi connectivity index (χ1) is 11.1. The van der Waals surface area contributed by atoms with Crippen LogP contribution < -0.4 is 4.74 Å². The second kappa shape index (κ2) is 6.12. The number of phenols is 1. The highest BCUT2D eigenvalue weighted by molar-refractivity contribution is 6.03. The molecular weight excluding hydrogens is 292 g/mol. The Morgan fingerprint density at radius 2 is 1.83 bits per heavy atom. The van der Waals surface area contributed by atoms with E-state index in [0.717, 1.165) is 22.6 Å². The van der Waals surface area contributed by atoms with Crippen LogP contribution in [0.15, 0.2) is 53.6 Å². The average Bonchev–Trinajstić information content (AvgIpc) is 3.01. The molecule has 0 aliphatic carbocycles. The number of amides is 1. The standard InChI is InChI=1S/C18H18N2O3/c1-12(21)20-18(14-3-7-15(22)8-4-14)11-17(19-20)13-5-9-16(23-2)10-6-13/h3-10,18,22H,11H2,1-2H3/t18-/m1/s1. The van der Waals surface area contributed by atoms with Gasteiger partial charge in [-0.2, -0.15) is 5.10 Å². The molecule has 5 heteroatoms. The third kappa shape index (κ3) is 3.04. The van der Waals surface area contributed by atoms with Crippen LogP contribution in [0.1, 0.15) is 30.5 Å². The van der Waals surface area contributed by atoms with E-state index < -0.39 is 0 Å². The van der Waals surface area contributed by atoms with Crippen molar-refractivity contribution in [1.82, 2.24) is 5.01 Å². The Morgan fingerprint density at radius 3 is 2.39 bits per heavy atom. The predicted octanol–water partition coefficient (Wildman–Crippen LogP) is 3.10. The number of carbonyl (C=O) groups excluding carboxylic acids is 1. The molecule has 0 unspecified atom stereocenters. The summed E-state index contributed by atoms with van der Waals surface area (Å²) < 4.78 is 5.16. The fourth-order valence-electron chi connectivity index (χ4n) is 2.71. The highest BCUT2D eigenvalue weighted by Gasteiger charge is 2.31. The molecule has 0 saturated heterocycles. The van der Waals surface area contributed by atoms with Crippen LogP contribution >= 0.6 is 0 Å². The van der Waals surface area contributed by atoms with Crippen LogP contribution in [-0.4, -0.2) is 28.8 Å². The van der Waals surface area contributed by atoms with Crippen molar-refractivity contribution in [3.05, 3.63) is 59.7 Å². The molecule has 23 heavy (non-hydrogen) atoms. The summed E-state index contributed by atoms with van der Waals surface area (Å²) in [7, 11) is 1.63. The number of hydrazone groups is 1. The maximum absolute atomic E-state index is 11.9.